The molecule has 2 aromatic carbocycles. The average molecular weight is 387 g/mol. The summed E-state index contributed by atoms with van der Waals surface area (Å²) in [6.45, 7) is 1.59. The highest BCUT2D eigenvalue weighted by Gasteiger charge is 2.30. The van der Waals surface area contributed by atoms with Gasteiger partial charge in [0.05, 0.1) is 22.6 Å². The van der Waals surface area contributed by atoms with Gasteiger partial charge in [-0.15, -0.1) is 0 Å². The molecule has 0 amide bonds. The molecule has 0 heterocycles. The molecule has 0 fully saturated rings. The number of benzene rings is 2. The standard InChI is InChI=1S/C17H16F3NO4S/c1-2-25-16(22)13-4-3-5-15(10-13)26(23,24)21-11-12-6-8-14(9-7-12)17(18,19)20/h3-10,21H,2,11H2,1H3. The summed E-state index contributed by atoms with van der Waals surface area (Å²) in [5, 5.41) is 0. The zero-order valence-electron chi connectivity index (χ0n) is 13.7. The van der Waals surface area contributed by atoms with Crippen molar-refractivity contribution in [2.75, 3.05) is 6.61 Å². The number of halogens is 3. The van der Waals surface area contributed by atoms with Crippen LogP contribution in [0.2, 0.25) is 0 Å². The van der Waals surface area contributed by atoms with Gasteiger partial charge in [-0.05, 0) is 42.8 Å². The molecule has 0 aliphatic carbocycles. The predicted octanol–water partition coefficient (Wildman–Crippen LogP) is 3.36. The first kappa shape index (κ1) is 19.9. The largest absolute Gasteiger partial charge is 0.462 e. The molecule has 0 radical (unpaired) electrons. The third-order valence-corrected chi connectivity index (χ3v) is 4.80. The van der Waals surface area contributed by atoms with E-state index < -0.39 is 27.7 Å². The normalized spacial score (nSPS) is 12.0. The van der Waals surface area contributed by atoms with Gasteiger partial charge in [0.2, 0.25) is 10.0 Å². The topological polar surface area (TPSA) is 72.5 Å². The van der Waals surface area contributed by atoms with Crippen LogP contribution >= 0.6 is 0 Å². The van der Waals surface area contributed by atoms with Gasteiger partial charge >= 0.3 is 12.1 Å². The van der Waals surface area contributed by atoms with E-state index in [0.29, 0.717) is 5.56 Å². The van der Waals surface area contributed by atoms with E-state index in [-0.39, 0.29) is 23.6 Å². The number of rotatable bonds is 6. The Morgan fingerprint density at radius 2 is 1.77 bits per heavy atom. The van der Waals surface area contributed by atoms with Crippen LogP contribution in [0.25, 0.3) is 0 Å². The number of sulfonamides is 1. The van der Waals surface area contributed by atoms with Gasteiger partial charge in [-0.2, -0.15) is 13.2 Å². The predicted molar refractivity (Wildman–Crippen MR) is 87.9 cm³/mol. The Morgan fingerprint density at radius 3 is 2.35 bits per heavy atom. The Balaban J connectivity index is 2.11. The molecule has 26 heavy (non-hydrogen) atoms. The summed E-state index contributed by atoms with van der Waals surface area (Å²) >= 11 is 0. The maximum Gasteiger partial charge on any atom is 0.416 e. The van der Waals surface area contributed by atoms with Crippen LogP contribution in [0.5, 0.6) is 0 Å². The lowest BCUT2D eigenvalue weighted by Gasteiger charge is -2.10. The van der Waals surface area contributed by atoms with Crippen molar-refractivity contribution in [3.63, 3.8) is 0 Å². The summed E-state index contributed by atoms with van der Waals surface area (Å²) in [6, 6.07) is 9.45. The van der Waals surface area contributed by atoms with Crippen molar-refractivity contribution in [1.29, 1.82) is 0 Å². The highest BCUT2D eigenvalue weighted by Crippen LogP contribution is 2.29. The first-order chi connectivity index (χ1) is 12.1. The van der Waals surface area contributed by atoms with Gasteiger partial charge in [-0.1, -0.05) is 18.2 Å². The van der Waals surface area contributed by atoms with Gasteiger partial charge in [-0.25, -0.2) is 17.9 Å². The molecule has 0 spiro atoms. The number of hydrogen-bond donors (Lipinski definition) is 1. The van der Waals surface area contributed by atoms with E-state index in [0.717, 1.165) is 12.1 Å². The van der Waals surface area contributed by atoms with Crippen LogP contribution in [0.3, 0.4) is 0 Å². The minimum absolute atomic E-state index is 0.0873. The summed E-state index contributed by atoms with van der Waals surface area (Å²) in [5.41, 5.74) is -0.362. The highest BCUT2D eigenvalue weighted by atomic mass is 32.2. The summed E-state index contributed by atoms with van der Waals surface area (Å²) < 4.78 is 69.3. The zero-order valence-corrected chi connectivity index (χ0v) is 14.5. The second kappa shape index (κ2) is 7.88. The number of esters is 1. The van der Waals surface area contributed by atoms with Crippen molar-refractivity contribution >= 4 is 16.0 Å². The monoisotopic (exact) mass is 387 g/mol. The molecule has 5 nitrogen and oxygen atoms in total. The van der Waals surface area contributed by atoms with Crippen LogP contribution < -0.4 is 4.72 Å². The van der Waals surface area contributed by atoms with Gasteiger partial charge in [0, 0.05) is 6.54 Å². The zero-order chi connectivity index (χ0) is 19.4. The molecule has 0 aliphatic heterocycles. The van der Waals surface area contributed by atoms with E-state index in [9.17, 15) is 26.4 Å². The number of hydrogen-bond acceptors (Lipinski definition) is 4. The van der Waals surface area contributed by atoms with Crippen molar-refractivity contribution in [2.24, 2.45) is 0 Å². The fraction of sp³-hybridized carbons (Fsp3) is 0.235. The van der Waals surface area contributed by atoms with Crippen molar-refractivity contribution in [2.45, 2.75) is 24.5 Å². The molecule has 140 valence electrons. The van der Waals surface area contributed by atoms with Gasteiger partial charge in [0.15, 0.2) is 0 Å². The van der Waals surface area contributed by atoms with E-state index in [1.165, 1.54) is 36.4 Å². The molecule has 9 heteroatoms. The Bertz CT molecular complexity index is 878. The van der Waals surface area contributed by atoms with Crippen molar-refractivity contribution in [3.8, 4) is 0 Å². The molecule has 0 aliphatic rings. The maximum absolute atomic E-state index is 12.5. The van der Waals surface area contributed by atoms with Crippen LogP contribution in [0.15, 0.2) is 53.4 Å². The van der Waals surface area contributed by atoms with Crippen molar-refractivity contribution in [1.82, 2.24) is 4.72 Å². The summed E-state index contributed by atoms with van der Waals surface area (Å²) in [7, 11) is -3.95. The van der Waals surface area contributed by atoms with Crippen LogP contribution in [-0.2, 0) is 27.5 Å². The van der Waals surface area contributed by atoms with Crippen LogP contribution in [-0.4, -0.2) is 21.0 Å². The SMILES string of the molecule is CCOC(=O)c1cccc(S(=O)(=O)NCc2ccc(C(F)(F)F)cc2)c1. The first-order valence-electron chi connectivity index (χ1n) is 7.56. The lowest BCUT2D eigenvalue weighted by molar-refractivity contribution is -0.137. The fourth-order valence-corrected chi connectivity index (χ4v) is 3.14. The molecular weight excluding hydrogens is 371 g/mol. The molecule has 2 aromatic rings. The summed E-state index contributed by atoms with van der Waals surface area (Å²) in [6.07, 6.45) is -4.45. The number of carbonyl (C=O) groups is 1. The number of alkyl halides is 3. The minimum Gasteiger partial charge on any atom is -0.462 e. The minimum atomic E-state index is -4.45. The number of nitrogens with one attached hydrogen (secondary N) is 1. The Morgan fingerprint density at radius 1 is 1.12 bits per heavy atom. The molecule has 0 saturated carbocycles. The second-order valence-corrected chi connectivity index (χ2v) is 7.03. The van der Waals surface area contributed by atoms with E-state index in [4.69, 9.17) is 4.74 Å². The molecule has 0 atom stereocenters. The fourth-order valence-electron chi connectivity index (χ4n) is 2.08. The summed E-state index contributed by atoms with van der Waals surface area (Å²) in [5.74, 6) is -0.646. The third kappa shape index (κ3) is 5.06. The number of carbonyl (C=O) groups excluding carboxylic acids is 1. The van der Waals surface area contributed by atoms with E-state index in [1.54, 1.807) is 6.92 Å². The first-order valence-corrected chi connectivity index (χ1v) is 9.05. The molecule has 0 bridgehead atoms. The second-order valence-electron chi connectivity index (χ2n) is 5.27. The van der Waals surface area contributed by atoms with Gasteiger partial charge in [-0.3, -0.25) is 0 Å². The number of ether oxygens (including phenoxy) is 1. The lowest BCUT2D eigenvalue weighted by atomic mass is 10.1. The molecule has 0 aromatic heterocycles. The van der Waals surface area contributed by atoms with Crippen LogP contribution in [0.1, 0.15) is 28.4 Å². The van der Waals surface area contributed by atoms with E-state index >= 15 is 0 Å². The Hall–Kier alpha value is -2.39. The maximum atomic E-state index is 12.5. The Kier molecular flexibility index (Phi) is 6.04. The average Bonchev–Trinajstić information content (AvgIpc) is 2.60. The molecule has 2 rings (SSSR count). The molecular formula is C17H16F3NO4S. The molecule has 1 N–H and O–H groups in total. The third-order valence-electron chi connectivity index (χ3n) is 3.40. The molecule has 0 saturated heterocycles. The Labute approximate surface area is 148 Å². The van der Waals surface area contributed by atoms with Gasteiger partial charge in [0.25, 0.3) is 0 Å². The van der Waals surface area contributed by atoms with Crippen LogP contribution in [0.4, 0.5) is 13.2 Å². The van der Waals surface area contributed by atoms with E-state index in [1.807, 2.05) is 0 Å². The highest BCUT2D eigenvalue weighted by molar-refractivity contribution is 7.89. The summed E-state index contributed by atoms with van der Waals surface area (Å²) in [4.78, 5) is 11.5. The van der Waals surface area contributed by atoms with Crippen molar-refractivity contribution < 1.29 is 31.1 Å². The van der Waals surface area contributed by atoms with Crippen molar-refractivity contribution in [3.05, 3.63) is 65.2 Å². The van der Waals surface area contributed by atoms with Gasteiger partial charge in [0.1, 0.15) is 0 Å². The van der Waals surface area contributed by atoms with Crippen LogP contribution in [0, 0.1) is 0 Å². The quantitative estimate of drug-likeness (QED) is 0.772. The lowest BCUT2D eigenvalue weighted by Crippen LogP contribution is -2.23. The van der Waals surface area contributed by atoms with E-state index in [2.05, 4.69) is 4.72 Å². The smallest absolute Gasteiger partial charge is 0.416 e. The van der Waals surface area contributed by atoms with Gasteiger partial charge < -0.3 is 4.74 Å². The molecule has 0 unspecified atom stereocenters.